The van der Waals surface area contributed by atoms with E-state index in [2.05, 4.69) is 20.9 Å². The molecule has 0 spiro atoms. The topological polar surface area (TPSA) is 198 Å². The molecule has 1 atom stereocenters. The van der Waals surface area contributed by atoms with Crippen LogP contribution in [0, 0.1) is 23.2 Å². The minimum Gasteiger partial charge on any atom is -0.508 e. The minimum absolute atomic E-state index is 0.0405. The van der Waals surface area contributed by atoms with E-state index in [1.165, 1.54) is 43.5 Å². The molecular formula is C38H38N4O8. The fourth-order valence-electron chi connectivity index (χ4n) is 8.88. The Hall–Kier alpha value is -5.65. The fourth-order valence-corrected chi connectivity index (χ4v) is 8.88. The number of benzene rings is 3. The standard InChI is InChI=1S/C38H38N4O8/c43-28-3-1-23(2-4-28)31(35(46)42-27-11-25(36(47)48)10-26(12-27)37(49)50)18-40-33(44)29-13-24-5-6-39-32(24)14-30(29)34(45)41-19-38-15-20-7-21(16-38)9-22(8-20)17-38/h1-6,10-14,20-22,31,39,43H,7-9,15-19H2,(H,40,44)(H,41,45)(H,42,46)(H,47,48)(H,49,50). The Labute approximate surface area is 287 Å². The number of carboxylic acids is 2. The van der Waals surface area contributed by atoms with Crippen molar-refractivity contribution in [3.05, 3.63) is 94.7 Å². The largest absolute Gasteiger partial charge is 0.508 e. The van der Waals surface area contributed by atoms with Crippen LogP contribution < -0.4 is 16.0 Å². The third kappa shape index (κ3) is 6.65. The number of rotatable bonds is 11. The number of fused-ring (bicyclic) bond motifs is 1. The van der Waals surface area contributed by atoms with Crippen LogP contribution in [0.3, 0.4) is 0 Å². The number of aromatic carboxylic acids is 2. The Kier molecular flexibility index (Phi) is 8.54. The van der Waals surface area contributed by atoms with Crippen LogP contribution in [0.4, 0.5) is 5.69 Å². The van der Waals surface area contributed by atoms with Gasteiger partial charge >= 0.3 is 11.9 Å². The van der Waals surface area contributed by atoms with Crippen molar-refractivity contribution < 1.29 is 39.3 Å². The molecule has 3 aromatic carbocycles. The summed E-state index contributed by atoms with van der Waals surface area (Å²) in [6.45, 7) is 0.328. The summed E-state index contributed by atoms with van der Waals surface area (Å²) in [4.78, 5) is 67.7. The molecule has 4 saturated carbocycles. The highest BCUT2D eigenvalue weighted by molar-refractivity contribution is 6.10. The first-order valence-electron chi connectivity index (χ1n) is 16.8. The summed E-state index contributed by atoms with van der Waals surface area (Å²) in [6, 6.07) is 14.2. The number of anilines is 1. The van der Waals surface area contributed by atoms with E-state index in [1.807, 2.05) is 0 Å². The van der Waals surface area contributed by atoms with Crippen molar-refractivity contribution >= 4 is 46.3 Å². The van der Waals surface area contributed by atoms with Crippen molar-refractivity contribution in [1.29, 1.82) is 0 Å². The van der Waals surface area contributed by atoms with Crippen molar-refractivity contribution in [2.24, 2.45) is 23.2 Å². The molecule has 12 heteroatoms. The van der Waals surface area contributed by atoms with Crippen molar-refractivity contribution in [2.75, 3.05) is 18.4 Å². The SMILES string of the molecule is O=C(O)c1cc(NC(=O)C(CNC(=O)c2cc3cc[nH]c3cc2C(=O)NCC23CC4CC(CC(C4)C2)C3)c2ccc(O)cc2)cc(C(=O)O)c1. The second-order valence-corrected chi connectivity index (χ2v) is 14.3. The van der Waals surface area contributed by atoms with Gasteiger partial charge in [-0.05, 0) is 116 Å². The third-order valence-corrected chi connectivity index (χ3v) is 10.7. The van der Waals surface area contributed by atoms with E-state index in [4.69, 9.17) is 0 Å². The summed E-state index contributed by atoms with van der Waals surface area (Å²) in [5.74, 6) is -3.23. The lowest BCUT2D eigenvalue weighted by molar-refractivity contribution is -0.117. The normalized spacial score (nSPS) is 22.5. The first-order valence-corrected chi connectivity index (χ1v) is 16.8. The summed E-state index contributed by atoms with van der Waals surface area (Å²) >= 11 is 0. The maximum absolute atomic E-state index is 13.9. The molecule has 7 N–H and O–H groups in total. The van der Waals surface area contributed by atoms with Crippen molar-refractivity contribution in [2.45, 2.75) is 44.4 Å². The zero-order valence-corrected chi connectivity index (χ0v) is 27.2. The molecule has 1 aromatic heterocycles. The lowest BCUT2D eigenvalue weighted by atomic mass is 9.49. The number of carboxylic acid groups (broad SMARTS) is 2. The van der Waals surface area contributed by atoms with Gasteiger partial charge in [0.1, 0.15) is 5.75 Å². The van der Waals surface area contributed by atoms with Gasteiger partial charge in [-0.3, -0.25) is 14.4 Å². The van der Waals surface area contributed by atoms with E-state index in [0.29, 0.717) is 17.6 Å². The maximum atomic E-state index is 13.9. The molecule has 1 heterocycles. The Morgan fingerprint density at radius 2 is 1.34 bits per heavy atom. The van der Waals surface area contributed by atoms with Crippen molar-refractivity contribution in [3.8, 4) is 5.75 Å². The Morgan fingerprint density at radius 1 is 0.760 bits per heavy atom. The van der Waals surface area contributed by atoms with Gasteiger partial charge in [-0.2, -0.15) is 0 Å². The predicted octanol–water partition coefficient (Wildman–Crippen LogP) is 5.37. The Morgan fingerprint density at radius 3 is 1.94 bits per heavy atom. The summed E-state index contributed by atoms with van der Waals surface area (Å²) in [5, 5.41) is 38.1. The second kappa shape index (κ2) is 13.0. The highest BCUT2D eigenvalue weighted by Crippen LogP contribution is 2.59. The van der Waals surface area contributed by atoms with Gasteiger partial charge in [-0.15, -0.1) is 0 Å². The number of aromatic amines is 1. The van der Waals surface area contributed by atoms with Gasteiger partial charge in [0, 0.05) is 35.9 Å². The smallest absolute Gasteiger partial charge is 0.335 e. The second-order valence-electron chi connectivity index (χ2n) is 14.3. The molecule has 12 nitrogen and oxygen atoms in total. The van der Waals surface area contributed by atoms with Crippen molar-refractivity contribution in [1.82, 2.24) is 15.6 Å². The number of hydrogen-bond acceptors (Lipinski definition) is 6. The van der Waals surface area contributed by atoms with Gasteiger partial charge in [0.25, 0.3) is 11.8 Å². The molecule has 4 aromatic rings. The first-order chi connectivity index (χ1) is 23.9. The molecule has 4 aliphatic rings. The highest BCUT2D eigenvalue weighted by Gasteiger charge is 2.50. The molecule has 4 bridgehead atoms. The number of nitrogens with one attached hydrogen (secondary N) is 4. The molecule has 258 valence electrons. The van der Waals surface area contributed by atoms with Crippen LogP contribution >= 0.6 is 0 Å². The lowest BCUT2D eigenvalue weighted by Gasteiger charge is -2.56. The first kappa shape index (κ1) is 32.9. The van der Waals surface area contributed by atoms with E-state index >= 15 is 0 Å². The number of phenols is 1. The number of carbonyl (C=O) groups excluding carboxylic acids is 3. The zero-order chi connectivity index (χ0) is 35.2. The van der Waals surface area contributed by atoms with Crippen LogP contribution in [0.2, 0.25) is 0 Å². The molecule has 50 heavy (non-hydrogen) atoms. The van der Waals surface area contributed by atoms with Gasteiger partial charge in [-0.25, -0.2) is 9.59 Å². The lowest BCUT2D eigenvalue weighted by Crippen LogP contribution is -2.51. The number of carbonyl (C=O) groups is 5. The maximum Gasteiger partial charge on any atom is 0.335 e. The van der Waals surface area contributed by atoms with Crippen LogP contribution in [0.5, 0.6) is 5.75 Å². The average molecular weight is 679 g/mol. The summed E-state index contributed by atoms with van der Waals surface area (Å²) < 4.78 is 0. The number of aromatic hydroxyl groups is 1. The van der Waals surface area contributed by atoms with E-state index in [-0.39, 0.29) is 51.6 Å². The van der Waals surface area contributed by atoms with Gasteiger partial charge in [0.15, 0.2) is 0 Å². The summed E-state index contributed by atoms with van der Waals surface area (Å²) in [6.07, 6.45) is 8.99. The number of aromatic nitrogens is 1. The zero-order valence-electron chi connectivity index (χ0n) is 27.2. The number of phenolic OH excluding ortho intramolecular Hbond substituents is 1. The van der Waals surface area contributed by atoms with Crippen molar-refractivity contribution in [3.63, 3.8) is 0 Å². The van der Waals surface area contributed by atoms with Gasteiger partial charge in [-0.1, -0.05) is 12.1 Å². The summed E-state index contributed by atoms with van der Waals surface area (Å²) in [7, 11) is 0. The number of H-pyrrole nitrogens is 1. The van der Waals surface area contributed by atoms with Gasteiger partial charge in [0.05, 0.1) is 28.2 Å². The number of amides is 3. The van der Waals surface area contributed by atoms with Crippen LogP contribution in [0.15, 0.2) is 66.9 Å². The molecule has 8 rings (SSSR count). The molecule has 1 unspecified atom stereocenters. The monoisotopic (exact) mass is 678 g/mol. The molecule has 4 fully saturated rings. The van der Waals surface area contributed by atoms with Crippen LogP contribution in [-0.4, -0.2) is 63.1 Å². The van der Waals surface area contributed by atoms with Crippen LogP contribution in [0.25, 0.3) is 10.9 Å². The van der Waals surface area contributed by atoms with Crippen LogP contribution in [-0.2, 0) is 4.79 Å². The predicted molar refractivity (Wildman–Crippen MR) is 183 cm³/mol. The molecule has 3 amide bonds. The average Bonchev–Trinajstić information content (AvgIpc) is 3.54. The highest BCUT2D eigenvalue weighted by atomic mass is 16.4. The molecule has 0 radical (unpaired) electrons. The van der Waals surface area contributed by atoms with E-state index in [0.717, 1.165) is 60.6 Å². The molecule has 0 saturated heterocycles. The molecule has 4 aliphatic carbocycles. The van der Waals surface area contributed by atoms with E-state index in [1.54, 1.807) is 24.4 Å². The minimum atomic E-state index is -1.37. The van der Waals surface area contributed by atoms with Crippen LogP contribution in [0.1, 0.15) is 91.4 Å². The number of hydrogen-bond donors (Lipinski definition) is 7. The quantitative estimate of drug-likeness (QED) is 0.110. The van der Waals surface area contributed by atoms with Gasteiger partial charge < -0.3 is 36.3 Å². The Balaban J connectivity index is 1.12. The van der Waals surface area contributed by atoms with E-state index < -0.39 is 29.7 Å². The molecule has 0 aliphatic heterocycles. The fraction of sp³-hybridized carbons (Fsp3) is 0.342. The molecular weight excluding hydrogens is 640 g/mol. The van der Waals surface area contributed by atoms with E-state index in [9.17, 15) is 39.3 Å². The van der Waals surface area contributed by atoms with Gasteiger partial charge in [0.2, 0.25) is 5.91 Å². The Bertz CT molecular complexity index is 1950. The third-order valence-electron chi connectivity index (χ3n) is 10.7. The summed E-state index contributed by atoms with van der Waals surface area (Å²) in [5.41, 5.74) is 0.856.